The van der Waals surface area contributed by atoms with Crippen molar-refractivity contribution in [3.8, 4) is 0 Å². The quantitative estimate of drug-likeness (QED) is 0.629. The molecule has 1 heterocycles. The first-order valence-electron chi connectivity index (χ1n) is 4.05. The Morgan fingerprint density at radius 2 is 2.18 bits per heavy atom. The van der Waals surface area contributed by atoms with E-state index in [0.717, 1.165) is 12.8 Å². The molecule has 3 nitrogen and oxygen atoms in total. The van der Waals surface area contributed by atoms with E-state index >= 15 is 0 Å². The molecule has 1 fully saturated rings. The average Bonchev–Trinajstić information content (AvgIpc) is 1.82. The fraction of sp³-hybridized carbons (Fsp3) is 0.875. The van der Waals surface area contributed by atoms with Crippen LogP contribution < -0.4 is 0 Å². The SMILES string of the molecule is CCCC1(O)CN(C(C)=O)C1. The molecule has 0 aromatic carbocycles. The van der Waals surface area contributed by atoms with Crippen LogP contribution in [0.4, 0.5) is 0 Å². The van der Waals surface area contributed by atoms with Gasteiger partial charge in [-0.3, -0.25) is 4.79 Å². The molecule has 1 N–H and O–H groups in total. The number of rotatable bonds is 2. The number of carbonyl (C=O) groups excluding carboxylic acids is 1. The van der Waals surface area contributed by atoms with Crippen molar-refractivity contribution in [2.45, 2.75) is 32.3 Å². The van der Waals surface area contributed by atoms with E-state index in [-0.39, 0.29) is 5.91 Å². The topological polar surface area (TPSA) is 40.5 Å². The number of amides is 1. The second-order valence-electron chi connectivity index (χ2n) is 3.35. The summed E-state index contributed by atoms with van der Waals surface area (Å²) in [5.74, 6) is 0.0609. The monoisotopic (exact) mass is 157 g/mol. The third kappa shape index (κ3) is 1.71. The molecule has 0 unspecified atom stereocenters. The minimum absolute atomic E-state index is 0.0609. The van der Waals surface area contributed by atoms with Gasteiger partial charge in [0.05, 0.1) is 18.7 Å². The van der Waals surface area contributed by atoms with Crippen LogP contribution in [0.1, 0.15) is 26.7 Å². The van der Waals surface area contributed by atoms with Gasteiger partial charge >= 0.3 is 0 Å². The van der Waals surface area contributed by atoms with Crippen molar-refractivity contribution in [1.29, 1.82) is 0 Å². The first-order chi connectivity index (χ1) is 5.07. The molecule has 1 saturated heterocycles. The Bertz CT molecular complexity index is 161. The largest absolute Gasteiger partial charge is 0.386 e. The molecule has 1 rings (SSSR count). The van der Waals surface area contributed by atoms with Crippen LogP contribution in [0.3, 0.4) is 0 Å². The minimum atomic E-state index is -0.569. The lowest BCUT2D eigenvalue weighted by atomic mass is 9.89. The van der Waals surface area contributed by atoms with Crippen LogP contribution in [0.15, 0.2) is 0 Å². The van der Waals surface area contributed by atoms with Crippen LogP contribution >= 0.6 is 0 Å². The van der Waals surface area contributed by atoms with Gasteiger partial charge in [0, 0.05) is 6.92 Å². The van der Waals surface area contributed by atoms with Crippen molar-refractivity contribution in [2.75, 3.05) is 13.1 Å². The Morgan fingerprint density at radius 1 is 1.64 bits per heavy atom. The van der Waals surface area contributed by atoms with E-state index in [0.29, 0.717) is 13.1 Å². The second kappa shape index (κ2) is 2.81. The molecule has 0 spiro atoms. The van der Waals surface area contributed by atoms with Gasteiger partial charge in [-0.05, 0) is 6.42 Å². The standard InChI is InChI=1S/C8H15NO2/c1-3-4-8(11)5-9(6-8)7(2)10/h11H,3-6H2,1-2H3. The summed E-state index contributed by atoms with van der Waals surface area (Å²) in [4.78, 5) is 12.4. The van der Waals surface area contributed by atoms with Gasteiger partial charge in [0.25, 0.3) is 0 Å². The third-order valence-electron chi connectivity index (χ3n) is 2.13. The number of hydrogen-bond donors (Lipinski definition) is 1. The molecule has 0 radical (unpaired) electrons. The molecule has 64 valence electrons. The van der Waals surface area contributed by atoms with Crippen molar-refractivity contribution in [2.24, 2.45) is 0 Å². The maximum Gasteiger partial charge on any atom is 0.219 e. The summed E-state index contributed by atoms with van der Waals surface area (Å²) in [5, 5.41) is 9.64. The Labute approximate surface area is 67.0 Å². The summed E-state index contributed by atoms with van der Waals surface area (Å²) in [7, 11) is 0. The van der Waals surface area contributed by atoms with Crippen LogP contribution in [0.2, 0.25) is 0 Å². The summed E-state index contributed by atoms with van der Waals surface area (Å²) >= 11 is 0. The molecular formula is C8H15NO2. The normalized spacial score (nSPS) is 21.2. The van der Waals surface area contributed by atoms with Gasteiger partial charge in [-0.25, -0.2) is 0 Å². The van der Waals surface area contributed by atoms with Crippen molar-refractivity contribution in [3.63, 3.8) is 0 Å². The van der Waals surface area contributed by atoms with Crippen LogP contribution in [-0.2, 0) is 4.79 Å². The van der Waals surface area contributed by atoms with Crippen LogP contribution in [0.5, 0.6) is 0 Å². The number of carbonyl (C=O) groups is 1. The van der Waals surface area contributed by atoms with Crippen molar-refractivity contribution in [1.82, 2.24) is 4.90 Å². The van der Waals surface area contributed by atoms with Gasteiger partial charge in [-0.15, -0.1) is 0 Å². The Kier molecular flexibility index (Phi) is 2.18. The van der Waals surface area contributed by atoms with Gasteiger partial charge < -0.3 is 10.0 Å². The molecule has 0 aromatic rings. The molecule has 0 bridgehead atoms. The van der Waals surface area contributed by atoms with E-state index in [1.165, 1.54) is 6.92 Å². The summed E-state index contributed by atoms with van der Waals surface area (Å²) in [6.45, 7) is 4.62. The highest BCUT2D eigenvalue weighted by Gasteiger charge is 2.41. The van der Waals surface area contributed by atoms with E-state index in [2.05, 4.69) is 0 Å². The van der Waals surface area contributed by atoms with Gasteiger partial charge in [-0.1, -0.05) is 13.3 Å². The van der Waals surface area contributed by atoms with Crippen molar-refractivity contribution in [3.05, 3.63) is 0 Å². The summed E-state index contributed by atoms with van der Waals surface area (Å²) in [5.41, 5.74) is -0.569. The zero-order valence-electron chi connectivity index (χ0n) is 7.13. The van der Waals surface area contributed by atoms with Crippen LogP contribution in [0.25, 0.3) is 0 Å². The van der Waals surface area contributed by atoms with E-state index in [9.17, 15) is 9.90 Å². The fourth-order valence-corrected chi connectivity index (χ4v) is 1.51. The first kappa shape index (κ1) is 8.53. The van der Waals surface area contributed by atoms with Gasteiger partial charge in [0.15, 0.2) is 0 Å². The van der Waals surface area contributed by atoms with E-state index in [1.54, 1.807) is 4.90 Å². The van der Waals surface area contributed by atoms with Gasteiger partial charge in [0.2, 0.25) is 5.91 Å². The average molecular weight is 157 g/mol. The smallest absolute Gasteiger partial charge is 0.219 e. The molecule has 0 aliphatic carbocycles. The molecular weight excluding hydrogens is 142 g/mol. The predicted molar refractivity (Wildman–Crippen MR) is 42.1 cm³/mol. The van der Waals surface area contributed by atoms with E-state index < -0.39 is 5.60 Å². The summed E-state index contributed by atoms with van der Waals surface area (Å²) < 4.78 is 0. The predicted octanol–water partition coefficient (Wildman–Crippen LogP) is 0.380. The highest BCUT2D eigenvalue weighted by Crippen LogP contribution is 2.25. The maximum atomic E-state index is 10.7. The number of likely N-dealkylation sites (tertiary alicyclic amines) is 1. The second-order valence-corrected chi connectivity index (χ2v) is 3.35. The highest BCUT2D eigenvalue weighted by atomic mass is 16.3. The lowest BCUT2D eigenvalue weighted by molar-refractivity contribution is -0.154. The minimum Gasteiger partial charge on any atom is -0.386 e. The Morgan fingerprint density at radius 3 is 2.55 bits per heavy atom. The molecule has 0 saturated carbocycles. The van der Waals surface area contributed by atoms with Crippen molar-refractivity contribution >= 4 is 5.91 Å². The molecule has 3 heteroatoms. The lowest BCUT2D eigenvalue weighted by Gasteiger charge is -2.46. The number of aliphatic hydroxyl groups is 1. The molecule has 1 aliphatic rings. The van der Waals surface area contributed by atoms with Crippen LogP contribution in [0, 0.1) is 0 Å². The molecule has 1 amide bonds. The lowest BCUT2D eigenvalue weighted by Crippen LogP contribution is -2.62. The van der Waals surface area contributed by atoms with E-state index in [1.807, 2.05) is 6.92 Å². The molecule has 11 heavy (non-hydrogen) atoms. The zero-order chi connectivity index (χ0) is 8.48. The summed E-state index contributed by atoms with van der Waals surface area (Å²) in [6.07, 6.45) is 1.78. The molecule has 0 atom stereocenters. The van der Waals surface area contributed by atoms with Crippen LogP contribution in [-0.4, -0.2) is 34.6 Å². The van der Waals surface area contributed by atoms with E-state index in [4.69, 9.17) is 0 Å². The highest BCUT2D eigenvalue weighted by molar-refractivity contribution is 5.74. The first-order valence-corrected chi connectivity index (χ1v) is 4.05. The number of nitrogens with zero attached hydrogens (tertiary/aromatic N) is 1. The number of hydrogen-bond acceptors (Lipinski definition) is 2. The van der Waals surface area contributed by atoms with Crippen molar-refractivity contribution < 1.29 is 9.90 Å². The van der Waals surface area contributed by atoms with Gasteiger partial charge in [0.1, 0.15) is 0 Å². The van der Waals surface area contributed by atoms with Gasteiger partial charge in [-0.2, -0.15) is 0 Å². The Balaban J connectivity index is 2.31. The third-order valence-corrected chi connectivity index (χ3v) is 2.13. The molecule has 0 aromatic heterocycles. The molecule has 1 aliphatic heterocycles. The summed E-state index contributed by atoms with van der Waals surface area (Å²) in [6, 6.07) is 0. The zero-order valence-corrected chi connectivity index (χ0v) is 7.13. The fourth-order valence-electron chi connectivity index (χ4n) is 1.51. The number of β-amino-alcohol motifs (C(OH)–C–C–N with tert-alkyl or cyclic N) is 1. The Hall–Kier alpha value is -0.570. The maximum absolute atomic E-state index is 10.7.